The maximum absolute atomic E-state index is 12.6. The van der Waals surface area contributed by atoms with Gasteiger partial charge in [0.1, 0.15) is 0 Å². The summed E-state index contributed by atoms with van der Waals surface area (Å²) in [6.07, 6.45) is 6.22. The molecule has 1 aromatic rings. The smallest absolute Gasteiger partial charge is 0.257 e. The summed E-state index contributed by atoms with van der Waals surface area (Å²) in [5.41, 5.74) is 1.40. The van der Waals surface area contributed by atoms with Gasteiger partial charge >= 0.3 is 0 Å². The molecular formula is C14H21N3O2. The Morgan fingerprint density at radius 2 is 2.42 bits per heavy atom. The number of carbonyl (C=O) groups excluding carboxylic acids is 1. The SMILES string of the molecule is CCNc1ccncc1C(=O)N1CCCCC1CO. The molecule has 1 aromatic heterocycles. The first-order valence-electron chi connectivity index (χ1n) is 6.87. The molecule has 0 spiro atoms. The van der Waals surface area contributed by atoms with Gasteiger partial charge in [-0.2, -0.15) is 0 Å². The first-order valence-corrected chi connectivity index (χ1v) is 6.87. The molecular weight excluding hydrogens is 242 g/mol. The summed E-state index contributed by atoms with van der Waals surface area (Å²) in [7, 11) is 0. The second-order valence-electron chi connectivity index (χ2n) is 4.78. The van der Waals surface area contributed by atoms with E-state index in [1.54, 1.807) is 17.3 Å². The fraction of sp³-hybridized carbons (Fsp3) is 0.571. The lowest BCUT2D eigenvalue weighted by Crippen LogP contribution is -2.45. The highest BCUT2D eigenvalue weighted by Crippen LogP contribution is 2.22. The maximum atomic E-state index is 12.6. The number of pyridine rings is 1. The fourth-order valence-electron chi connectivity index (χ4n) is 2.52. The predicted octanol–water partition coefficient (Wildman–Crippen LogP) is 1.50. The Labute approximate surface area is 113 Å². The van der Waals surface area contributed by atoms with Gasteiger partial charge in [0.05, 0.1) is 23.9 Å². The van der Waals surface area contributed by atoms with Crippen LogP contribution < -0.4 is 5.32 Å². The summed E-state index contributed by atoms with van der Waals surface area (Å²) in [6.45, 7) is 3.49. The summed E-state index contributed by atoms with van der Waals surface area (Å²) >= 11 is 0. The number of carbonyl (C=O) groups is 1. The number of hydrogen-bond acceptors (Lipinski definition) is 4. The predicted molar refractivity (Wildman–Crippen MR) is 74.2 cm³/mol. The van der Waals surface area contributed by atoms with Gasteiger partial charge in [-0.1, -0.05) is 0 Å². The Bertz CT molecular complexity index is 436. The molecule has 2 rings (SSSR count). The molecule has 2 N–H and O–H groups in total. The fourth-order valence-corrected chi connectivity index (χ4v) is 2.52. The van der Waals surface area contributed by atoms with Crippen molar-refractivity contribution < 1.29 is 9.90 Å². The average Bonchev–Trinajstić information content (AvgIpc) is 2.47. The zero-order chi connectivity index (χ0) is 13.7. The number of piperidine rings is 1. The number of rotatable bonds is 4. The molecule has 0 aliphatic carbocycles. The van der Waals surface area contributed by atoms with Crippen LogP contribution in [0.3, 0.4) is 0 Å². The largest absolute Gasteiger partial charge is 0.394 e. The van der Waals surface area contributed by atoms with Gasteiger partial charge in [0.15, 0.2) is 0 Å². The van der Waals surface area contributed by atoms with Gasteiger partial charge in [0.25, 0.3) is 5.91 Å². The lowest BCUT2D eigenvalue weighted by Gasteiger charge is -2.35. The molecule has 1 unspecified atom stereocenters. The molecule has 0 radical (unpaired) electrons. The third-order valence-corrected chi connectivity index (χ3v) is 3.52. The van der Waals surface area contributed by atoms with Crippen LogP contribution in [0.5, 0.6) is 0 Å². The Hall–Kier alpha value is -1.62. The van der Waals surface area contributed by atoms with Crippen molar-refractivity contribution in [2.24, 2.45) is 0 Å². The topological polar surface area (TPSA) is 65.5 Å². The van der Waals surface area contributed by atoms with E-state index in [1.807, 2.05) is 13.0 Å². The van der Waals surface area contributed by atoms with E-state index in [0.29, 0.717) is 12.1 Å². The molecule has 5 heteroatoms. The standard InChI is InChI=1S/C14H21N3O2/c1-2-16-13-6-7-15-9-12(13)14(19)17-8-4-3-5-11(17)10-18/h6-7,9,11,18H,2-5,8,10H2,1H3,(H,15,16). The van der Waals surface area contributed by atoms with E-state index in [4.69, 9.17) is 0 Å². The number of anilines is 1. The summed E-state index contributed by atoms with van der Waals surface area (Å²) in [5, 5.41) is 12.6. The molecule has 1 amide bonds. The first-order chi connectivity index (χ1) is 9.27. The van der Waals surface area contributed by atoms with Gasteiger partial charge in [-0.25, -0.2) is 0 Å². The van der Waals surface area contributed by atoms with Crippen molar-refractivity contribution in [2.45, 2.75) is 32.2 Å². The van der Waals surface area contributed by atoms with E-state index in [2.05, 4.69) is 10.3 Å². The van der Waals surface area contributed by atoms with Crippen molar-refractivity contribution >= 4 is 11.6 Å². The van der Waals surface area contributed by atoms with Crippen molar-refractivity contribution in [3.05, 3.63) is 24.0 Å². The third-order valence-electron chi connectivity index (χ3n) is 3.52. The minimum Gasteiger partial charge on any atom is -0.394 e. The molecule has 5 nitrogen and oxygen atoms in total. The van der Waals surface area contributed by atoms with Crippen LogP contribution in [-0.4, -0.2) is 46.6 Å². The summed E-state index contributed by atoms with van der Waals surface area (Å²) in [4.78, 5) is 18.4. The van der Waals surface area contributed by atoms with Gasteiger partial charge in [-0.3, -0.25) is 9.78 Å². The molecule has 0 saturated carbocycles. The van der Waals surface area contributed by atoms with Crippen LogP contribution in [0.15, 0.2) is 18.5 Å². The van der Waals surface area contributed by atoms with E-state index >= 15 is 0 Å². The van der Waals surface area contributed by atoms with Crippen molar-refractivity contribution in [3.8, 4) is 0 Å². The van der Waals surface area contributed by atoms with Crippen molar-refractivity contribution in [3.63, 3.8) is 0 Å². The van der Waals surface area contributed by atoms with Crippen molar-refractivity contribution in [1.29, 1.82) is 0 Å². The average molecular weight is 263 g/mol. The Morgan fingerprint density at radius 1 is 1.58 bits per heavy atom. The minimum atomic E-state index is -0.0593. The highest BCUT2D eigenvalue weighted by molar-refractivity contribution is 5.99. The quantitative estimate of drug-likeness (QED) is 0.864. The third kappa shape index (κ3) is 3.04. The van der Waals surface area contributed by atoms with Crippen molar-refractivity contribution in [1.82, 2.24) is 9.88 Å². The first kappa shape index (κ1) is 13.8. The Balaban J connectivity index is 2.22. The molecule has 2 heterocycles. The van der Waals surface area contributed by atoms with Gasteiger partial charge in [0.2, 0.25) is 0 Å². The van der Waals surface area contributed by atoms with Crippen LogP contribution in [-0.2, 0) is 0 Å². The summed E-state index contributed by atoms with van der Waals surface area (Å²) < 4.78 is 0. The number of aliphatic hydroxyl groups is 1. The second kappa shape index (κ2) is 6.52. The highest BCUT2D eigenvalue weighted by Gasteiger charge is 2.28. The van der Waals surface area contributed by atoms with E-state index in [9.17, 15) is 9.90 Å². The number of hydrogen-bond donors (Lipinski definition) is 2. The molecule has 19 heavy (non-hydrogen) atoms. The number of aliphatic hydroxyl groups excluding tert-OH is 1. The highest BCUT2D eigenvalue weighted by atomic mass is 16.3. The van der Waals surface area contributed by atoms with E-state index < -0.39 is 0 Å². The molecule has 1 aliphatic rings. The zero-order valence-corrected chi connectivity index (χ0v) is 11.3. The van der Waals surface area contributed by atoms with Gasteiger partial charge in [-0.15, -0.1) is 0 Å². The Morgan fingerprint density at radius 3 is 3.16 bits per heavy atom. The maximum Gasteiger partial charge on any atom is 0.257 e. The number of likely N-dealkylation sites (tertiary alicyclic amines) is 1. The van der Waals surface area contributed by atoms with Gasteiger partial charge in [-0.05, 0) is 32.3 Å². The van der Waals surface area contributed by atoms with Crippen LogP contribution in [0.4, 0.5) is 5.69 Å². The van der Waals surface area contributed by atoms with Crippen LogP contribution >= 0.6 is 0 Å². The molecule has 1 fully saturated rings. The van der Waals surface area contributed by atoms with Crippen LogP contribution in [0.25, 0.3) is 0 Å². The lowest BCUT2D eigenvalue weighted by atomic mass is 10.0. The van der Waals surface area contributed by atoms with Crippen LogP contribution in [0.1, 0.15) is 36.5 Å². The second-order valence-corrected chi connectivity index (χ2v) is 4.78. The number of nitrogens with one attached hydrogen (secondary N) is 1. The normalized spacial score (nSPS) is 19.3. The molecule has 1 aliphatic heterocycles. The monoisotopic (exact) mass is 263 g/mol. The minimum absolute atomic E-state index is 0.0303. The molecule has 1 saturated heterocycles. The summed E-state index contributed by atoms with van der Waals surface area (Å²) in [6, 6.07) is 1.75. The molecule has 1 atom stereocenters. The number of aromatic nitrogens is 1. The molecule has 0 aromatic carbocycles. The molecule has 104 valence electrons. The summed E-state index contributed by atoms with van der Waals surface area (Å²) in [5.74, 6) is -0.0391. The van der Waals surface area contributed by atoms with Gasteiger partial charge in [0, 0.05) is 25.5 Å². The van der Waals surface area contributed by atoms with Crippen LogP contribution in [0.2, 0.25) is 0 Å². The van der Waals surface area contributed by atoms with E-state index in [0.717, 1.165) is 31.5 Å². The van der Waals surface area contributed by atoms with E-state index in [-0.39, 0.29) is 18.6 Å². The van der Waals surface area contributed by atoms with E-state index in [1.165, 1.54) is 0 Å². The lowest BCUT2D eigenvalue weighted by molar-refractivity contribution is 0.0503. The number of amides is 1. The molecule has 0 bridgehead atoms. The van der Waals surface area contributed by atoms with Crippen molar-refractivity contribution in [2.75, 3.05) is 25.0 Å². The number of nitrogens with zero attached hydrogens (tertiary/aromatic N) is 2. The van der Waals surface area contributed by atoms with Gasteiger partial charge < -0.3 is 15.3 Å². The zero-order valence-electron chi connectivity index (χ0n) is 11.3. The van der Waals surface area contributed by atoms with Crippen LogP contribution in [0, 0.1) is 0 Å². The Kier molecular flexibility index (Phi) is 4.74.